The fourth-order valence-electron chi connectivity index (χ4n) is 1.04. The van der Waals surface area contributed by atoms with E-state index < -0.39 is 6.10 Å². The van der Waals surface area contributed by atoms with Gasteiger partial charge in [0.1, 0.15) is 0 Å². The van der Waals surface area contributed by atoms with E-state index in [4.69, 9.17) is 4.74 Å². The van der Waals surface area contributed by atoms with Crippen molar-refractivity contribution in [1.82, 2.24) is 9.55 Å². The average molecular weight is 198 g/mol. The van der Waals surface area contributed by atoms with Gasteiger partial charge in [-0.1, -0.05) is 0 Å². The zero-order valence-electron chi connectivity index (χ0n) is 8.97. The van der Waals surface area contributed by atoms with Crippen molar-refractivity contribution in [2.24, 2.45) is 0 Å². The van der Waals surface area contributed by atoms with Gasteiger partial charge in [-0.3, -0.25) is 0 Å². The van der Waals surface area contributed by atoms with Crippen molar-refractivity contribution in [3.05, 3.63) is 18.7 Å². The molecule has 80 valence electrons. The maximum absolute atomic E-state index is 9.61. The van der Waals surface area contributed by atoms with E-state index in [1.54, 1.807) is 12.5 Å². The standard InChI is InChI=1S/C10H18N2O2/c1-10(2,3)14-7-9(13)6-12-5-4-11-8-12/h4-5,8-9,13H,6-7H2,1-3H3. The van der Waals surface area contributed by atoms with E-state index in [1.165, 1.54) is 0 Å². The van der Waals surface area contributed by atoms with E-state index >= 15 is 0 Å². The van der Waals surface area contributed by atoms with Crippen LogP contribution in [0.1, 0.15) is 20.8 Å². The Labute approximate surface area is 84.5 Å². The lowest BCUT2D eigenvalue weighted by molar-refractivity contribution is -0.0525. The summed E-state index contributed by atoms with van der Waals surface area (Å²) in [6.07, 6.45) is 4.71. The molecule has 0 amide bonds. The Morgan fingerprint density at radius 1 is 1.50 bits per heavy atom. The lowest BCUT2D eigenvalue weighted by Gasteiger charge is -2.22. The summed E-state index contributed by atoms with van der Waals surface area (Å²) in [7, 11) is 0. The van der Waals surface area contributed by atoms with Crippen LogP contribution in [0.2, 0.25) is 0 Å². The summed E-state index contributed by atoms with van der Waals surface area (Å²) < 4.78 is 7.29. The fourth-order valence-corrected chi connectivity index (χ4v) is 1.04. The summed E-state index contributed by atoms with van der Waals surface area (Å²) in [5, 5.41) is 9.61. The average Bonchev–Trinajstić information content (AvgIpc) is 2.52. The topological polar surface area (TPSA) is 47.3 Å². The summed E-state index contributed by atoms with van der Waals surface area (Å²) in [4.78, 5) is 3.90. The molecule has 0 aliphatic rings. The molecule has 0 radical (unpaired) electrons. The number of hydrogen-bond donors (Lipinski definition) is 1. The number of nitrogens with zero attached hydrogens (tertiary/aromatic N) is 2. The van der Waals surface area contributed by atoms with Crippen molar-refractivity contribution in [3.8, 4) is 0 Å². The zero-order valence-corrected chi connectivity index (χ0v) is 8.97. The minimum atomic E-state index is -0.483. The van der Waals surface area contributed by atoms with Gasteiger partial charge in [0.05, 0.1) is 31.2 Å². The van der Waals surface area contributed by atoms with Crippen LogP contribution >= 0.6 is 0 Å². The number of imidazole rings is 1. The van der Waals surface area contributed by atoms with Crippen LogP contribution in [-0.4, -0.2) is 33.0 Å². The number of aromatic nitrogens is 2. The van der Waals surface area contributed by atoms with Crippen LogP contribution in [0.25, 0.3) is 0 Å². The Morgan fingerprint density at radius 3 is 2.71 bits per heavy atom. The van der Waals surface area contributed by atoms with E-state index in [2.05, 4.69) is 4.98 Å². The molecule has 0 bridgehead atoms. The molecular weight excluding hydrogens is 180 g/mol. The molecule has 1 atom stereocenters. The SMILES string of the molecule is CC(C)(C)OCC(O)Cn1ccnc1. The van der Waals surface area contributed by atoms with Crippen molar-refractivity contribution >= 4 is 0 Å². The van der Waals surface area contributed by atoms with Crippen LogP contribution < -0.4 is 0 Å². The molecule has 4 heteroatoms. The maximum atomic E-state index is 9.61. The first-order chi connectivity index (χ1) is 6.47. The third-order valence-electron chi connectivity index (χ3n) is 1.69. The van der Waals surface area contributed by atoms with Gasteiger partial charge in [0.2, 0.25) is 0 Å². The minimum Gasteiger partial charge on any atom is -0.389 e. The lowest BCUT2D eigenvalue weighted by atomic mass is 10.2. The predicted octanol–water partition coefficient (Wildman–Crippen LogP) is 1.06. The van der Waals surface area contributed by atoms with Crippen molar-refractivity contribution in [2.75, 3.05) is 6.61 Å². The van der Waals surface area contributed by atoms with Crippen LogP contribution in [0.4, 0.5) is 0 Å². The largest absolute Gasteiger partial charge is 0.389 e. The van der Waals surface area contributed by atoms with Crippen LogP contribution in [0.3, 0.4) is 0 Å². The molecule has 1 N–H and O–H groups in total. The predicted molar refractivity (Wildman–Crippen MR) is 53.9 cm³/mol. The van der Waals surface area contributed by atoms with Crippen molar-refractivity contribution < 1.29 is 9.84 Å². The second kappa shape index (κ2) is 4.57. The third kappa shape index (κ3) is 4.39. The van der Waals surface area contributed by atoms with Crippen LogP contribution in [-0.2, 0) is 11.3 Å². The Hall–Kier alpha value is -0.870. The summed E-state index contributed by atoms with van der Waals surface area (Å²) in [5.41, 5.74) is -0.198. The monoisotopic (exact) mass is 198 g/mol. The quantitative estimate of drug-likeness (QED) is 0.787. The van der Waals surface area contributed by atoms with Gasteiger partial charge in [0, 0.05) is 12.4 Å². The Bertz CT molecular complexity index is 252. The minimum absolute atomic E-state index is 0.198. The van der Waals surface area contributed by atoms with Gasteiger partial charge >= 0.3 is 0 Å². The number of rotatable bonds is 4. The highest BCUT2D eigenvalue weighted by atomic mass is 16.5. The Balaban J connectivity index is 2.26. The van der Waals surface area contributed by atoms with E-state index in [9.17, 15) is 5.11 Å². The number of aliphatic hydroxyl groups excluding tert-OH is 1. The first-order valence-corrected chi connectivity index (χ1v) is 4.75. The molecule has 0 aromatic carbocycles. The van der Waals surface area contributed by atoms with Gasteiger partial charge < -0.3 is 14.4 Å². The number of ether oxygens (including phenoxy) is 1. The molecule has 1 rings (SSSR count). The van der Waals surface area contributed by atoms with Crippen LogP contribution in [0.15, 0.2) is 18.7 Å². The van der Waals surface area contributed by atoms with E-state index in [0.29, 0.717) is 13.2 Å². The highest BCUT2D eigenvalue weighted by molar-refractivity contribution is 4.75. The Kier molecular flexibility index (Phi) is 3.66. The van der Waals surface area contributed by atoms with Gasteiger partial charge in [0.25, 0.3) is 0 Å². The molecule has 0 saturated heterocycles. The van der Waals surface area contributed by atoms with Crippen molar-refractivity contribution in [3.63, 3.8) is 0 Å². The molecule has 0 saturated carbocycles. The molecule has 0 aliphatic carbocycles. The first-order valence-electron chi connectivity index (χ1n) is 4.75. The van der Waals surface area contributed by atoms with Crippen LogP contribution in [0, 0.1) is 0 Å². The van der Waals surface area contributed by atoms with Gasteiger partial charge in [-0.2, -0.15) is 0 Å². The molecule has 14 heavy (non-hydrogen) atoms. The normalized spacial score (nSPS) is 14.3. The zero-order chi connectivity index (χ0) is 10.6. The summed E-state index contributed by atoms with van der Waals surface area (Å²) in [6.45, 7) is 6.78. The first kappa shape index (κ1) is 11.2. The molecule has 0 aliphatic heterocycles. The summed E-state index contributed by atoms with van der Waals surface area (Å²) in [5.74, 6) is 0. The second-order valence-electron chi connectivity index (χ2n) is 4.34. The second-order valence-corrected chi connectivity index (χ2v) is 4.34. The highest BCUT2D eigenvalue weighted by Gasteiger charge is 2.13. The summed E-state index contributed by atoms with van der Waals surface area (Å²) >= 11 is 0. The number of aliphatic hydroxyl groups is 1. The van der Waals surface area contributed by atoms with Crippen molar-refractivity contribution in [1.29, 1.82) is 0 Å². The van der Waals surface area contributed by atoms with E-state index in [0.717, 1.165) is 0 Å². The molecular formula is C10H18N2O2. The van der Waals surface area contributed by atoms with Gasteiger partial charge in [0.15, 0.2) is 0 Å². The van der Waals surface area contributed by atoms with E-state index in [1.807, 2.05) is 31.5 Å². The van der Waals surface area contributed by atoms with Crippen molar-refractivity contribution in [2.45, 2.75) is 39.0 Å². The molecule has 1 aromatic rings. The van der Waals surface area contributed by atoms with Gasteiger partial charge in [-0.05, 0) is 20.8 Å². The summed E-state index contributed by atoms with van der Waals surface area (Å²) in [6, 6.07) is 0. The van der Waals surface area contributed by atoms with E-state index in [-0.39, 0.29) is 5.60 Å². The van der Waals surface area contributed by atoms with Crippen LogP contribution in [0.5, 0.6) is 0 Å². The molecule has 4 nitrogen and oxygen atoms in total. The molecule has 1 aromatic heterocycles. The van der Waals surface area contributed by atoms with Gasteiger partial charge in [-0.25, -0.2) is 4.98 Å². The highest BCUT2D eigenvalue weighted by Crippen LogP contribution is 2.07. The molecule has 1 heterocycles. The molecule has 0 spiro atoms. The molecule has 1 unspecified atom stereocenters. The maximum Gasteiger partial charge on any atom is 0.0952 e. The smallest absolute Gasteiger partial charge is 0.0952 e. The number of hydrogen-bond acceptors (Lipinski definition) is 3. The third-order valence-corrected chi connectivity index (χ3v) is 1.69. The fraction of sp³-hybridized carbons (Fsp3) is 0.700. The molecule has 0 fully saturated rings. The Morgan fingerprint density at radius 2 is 2.21 bits per heavy atom. The van der Waals surface area contributed by atoms with Gasteiger partial charge in [-0.15, -0.1) is 0 Å². The lowest BCUT2D eigenvalue weighted by Crippen LogP contribution is -2.28.